The topological polar surface area (TPSA) is 58.4 Å². The summed E-state index contributed by atoms with van der Waals surface area (Å²) < 4.78 is 2.09. The fraction of sp³-hybridized carbons (Fsp3) is 0.579. The minimum Gasteiger partial charge on any atom is -0.344 e. The maximum Gasteiger partial charge on any atom is 0.223 e. The number of aryl methyl sites for hydroxylation is 1. The van der Waals surface area contributed by atoms with E-state index in [1.54, 1.807) is 0 Å². The Hall–Kier alpha value is -1.88. The number of pyridine rings is 1. The summed E-state index contributed by atoms with van der Waals surface area (Å²) in [4.78, 5) is 17.4. The minimum atomic E-state index is -0.493. The molecule has 2 unspecified atom stereocenters. The van der Waals surface area contributed by atoms with Crippen LogP contribution in [0.5, 0.6) is 0 Å². The van der Waals surface area contributed by atoms with Crippen molar-refractivity contribution in [1.82, 2.24) is 20.0 Å². The highest BCUT2D eigenvalue weighted by atomic mass is 16.2. The van der Waals surface area contributed by atoms with E-state index in [0.717, 1.165) is 37.3 Å². The van der Waals surface area contributed by atoms with Crippen LogP contribution in [0.2, 0.25) is 0 Å². The maximum absolute atomic E-state index is 12.8. The molecule has 24 heavy (non-hydrogen) atoms. The summed E-state index contributed by atoms with van der Waals surface area (Å²) >= 11 is 0. The fourth-order valence-electron chi connectivity index (χ4n) is 4.47. The van der Waals surface area contributed by atoms with Crippen molar-refractivity contribution in [1.29, 1.82) is 0 Å². The molecule has 2 aliphatic rings. The molecule has 4 rings (SSSR count). The predicted molar refractivity (Wildman–Crippen MR) is 93.7 cm³/mol. The summed E-state index contributed by atoms with van der Waals surface area (Å²) in [6.45, 7) is 8.31. The van der Waals surface area contributed by atoms with Crippen LogP contribution < -0.4 is 10.6 Å². The van der Waals surface area contributed by atoms with Crippen LogP contribution in [0, 0.1) is 24.7 Å². The van der Waals surface area contributed by atoms with Crippen LogP contribution >= 0.6 is 0 Å². The molecule has 1 amide bonds. The molecule has 2 atom stereocenters. The molecule has 128 valence electrons. The summed E-state index contributed by atoms with van der Waals surface area (Å²) in [6, 6.07) is 4.11. The molecule has 0 aromatic carbocycles. The fourth-order valence-corrected chi connectivity index (χ4v) is 4.47. The first-order valence-electron chi connectivity index (χ1n) is 8.91. The molecule has 2 fully saturated rings. The van der Waals surface area contributed by atoms with E-state index in [4.69, 9.17) is 0 Å². The van der Waals surface area contributed by atoms with Crippen LogP contribution in [0.25, 0.3) is 5.52 Å². The van der Waals surface area contributed by atoms with Crippen molar-refractivity contribution in [2.24, 2.45) is 17.8 Å². The molecule has 1 aliphatic heterocycles. The molecule has 2 N–H and O–H groups in total. The molecule has 1 saturated heterocycles. The molecule has 2 aromatic rings. The van der Waals surface area contributed by atoms with Crippen molar-refractivity contribution in [3.8, 4) is 0 Å². The predicted octanol–water partition coefficient (Wildman–Crippen LogP) is 2.24. The number of carbonyl (C=O) groups is 1. The first-order valence-corrected chi connectivity index (χ1v) is 8.91. The van der Waals surface area contributed by atoms with E-state index in [1.807, 2.05) is 32.3 Å². The first-order chi connectivity index (χ1) is 11.5. The molecule has 1 saturated carbocycles. The number of imidazole rings is 1. The van der Waals surface area contributed by atoms with Gasteiger partial charge >= 0.3 is 0 Å². The molecule has 0 bridgehead atoms. The Kier molecular flexibility index (Phi) is 3.64. The van der Waals surface area contributed by atoms with E-state index in [9.17, 15) is 4.79 Å². The van der Waals surface area contributed by atoms with Gasteiger partial charge in [-0.05, 0) is 70.2 Å². The van der Waals surface area contributed by atoms with Gasteiger partial charge in [-0.3, -0.25) is 4.79 Å². The van der Waals surface area contributed by atoms with Crippen molar-refractivity contribution in [2.75, 3.05) is 13.1 Å². The third-order valence-corrected chi connectivity index (χ3v) is 5.80. The second-order valence-electron chi connectivity index (χ2n) is 7.99. The lowest BCUT2D eigenvalue weighted by molar-refractivity contribution is -0.126. The largest absolute Gasteiger partial charge is 0.344 e. The molecule has 1 aliphatic carbocycles. The number of hydrogen-bond donors (Lipinski definition) is 2. The zero-order chi connectivity index (χ0) is 16.9. The quantitative estimate of drug-likeness (QED) is 0.909. The Bertz CT molecular complexity index is 767. The molecule has 2 aromatic heterocycles. The highest BCUT2D eigenvalue weighted by Gasteiger charge is 2.41. The average molecular weight is 326 g/mol. The number of fused-ring (bicyclic) bond motifs is 2. The van der Waals surface area contributed by atoms with Crippen LogP contribution in [0.1, 0.15) is 38.1 Å². The standard InChI is InChI=1S/C19H26N4O/c1-12-5-4-6-23-16(12)11-21-18(23)19(2,3)22-17(24)13-7-14-9-20-10-15(14)8-13/h4-6,11,13-15,20H,7-10H2,1-3H3,(H,22,24). The molecule has 0 spiro atoms. The van der Waals surface area contributed by atoms with Gasteiger partial charge in [0, 0.05) is 12.1 Å². The van der Waals surface area contributed by atoms with E-state index in [1.165, 1.54) is 5.56 Å². The van der Waals surface area contributed by atoms with E-state index in [2.05, 4.69) is 33.0 Å². The van der Waals surface area contributed by atoms with Crippen LogP contribution in [-0.2, 0) is 10.3 Å². The van der Waals surface area contributed by atoms with E-state index >= 15 is 0 Å². The molecule has 0 radical (unpaired) electrons. The van der Waals surface area contributed by atoms with E-state index in [0.29, 0.717) is 11.8 Å². The third-order valence-electron chi connectivity index (χ3n) is 5.80. The van der Waals surface area contributed by atoms with Crippen molar-refractivity contribution in [2.45, 2.75) is 39.2 Å². The smallest absolute Gasteiger partial charge is 0.223 e. The lowest BCUT2D eigenvalue weighted by Gasteiger charge is -2.27. The molecule has 5 heteroatoms. The highest BCUT2D eigenvalue weighted by Crippen LogP contribution is 2.39. The number of amides is 1. The van der Waals surface area contributed by atoms with Crippen LogP contribution in [-0.4, -0.2) is 28.4 Å². The Morgan fingerprint density at radius 1 is 1.33 bits per heavy atom. The molecular formula is C19H26N4O. The second-order valence-corrected chi connectivity index (χ2v) is 7.99. The summed E-state index contributed by atoms with van der Waals surface area (Å²) in [7, 11) is 0. The number of aromatic nitrogens is 2. The number of hydrogen-bond acceptors (Lipinski definition) is 3. The third kappa shape index (κ3) is 2.51. The molecule has 5 nitrogen and oxygen atoms in total. The Morgan fingerprint density at radius 3 is 2.75 bits per heavy atom. The average Bonchev–Trinajstić information content (AvgIpc) is 3.21. The minimum absolute atomic E-state index is 0.148. The monoisotopic (exact) mass is 326 g/mol. The zero-order valence-electron chi connectivity index (χ0n) is 14.7. The van der Waals surface area contributed by atoms with Gasteiger partial charge in [0.25, 0.3) is 0 Å². The molecule has 3 heterocycles. The second kappa shape index (κ2) is 5.59. The van der Waals surface area contributed by atoms with Crippen molar-refractivity contribution in [3.63, 3.8) is 0 Å². The van der Waals surface area contributed by atoms with Crippen LogP contribution in [0.3, 0.4) is 0 Å². The van der Waals surface area contributed by atoms with Gasteiger partial charge in [0.1, 0.15) is 5.82 Å². The van der Waals surface area contributed by atoms with Gasteiger partial charge in [0.05, 0.1) is 17.3 Å². The van der Waals surface area contributed by atoms with Crippen molar-refractivity contribution < 1.29 is 4.79 Å². The number of nitrogens with one attached hydrogen (secondary N) is 2. The van der Waals surface area contributed by atoms with Crippen LogP contribution in [0.15, 0.2) is 24.5 Å². The van der Waals surface area contributed by atoms with Gasteiger partial charge in [-0.15, -0.1) is 0 Å². The SMILES string of the molecule is Cc1cccn2c(C(C)(C)NC(=O)C3CC4CNCC4C3)ncc12. The highest BCUT2D eigenvalue weighted by molar-refractivity contribution is 5.80. The Labute approximate surface area is 142 Å². The summed E-state index contributed by atoms with van der Waals surface area (Å²) in [5, 5.41) is 6.69. The van der Waals surface area contributed by atoms with E-state index < -0.39 is 5.54 Å². The summed E-state index contributed by atoms with van der Waals surface area (Å²) in [6.07, 6.45) is 5.94. The van der Waals surface area contributed by atoms with Crippen molar-refractivity contribution >= 4 is 11.4 Å². The normalized spacial score (nSPS) is 26.7. The molecular weight excluding hydrogens is 300 g/mol. The maximum atomic E-state index is 12.8. The number of carbonyl (C=O) groups excluding carboxylic acids is 1. The van der Waals surface area contributed by atoms with Gasteiger partial charge in [0.15, 0.2) is 0 Å². The lowest BCUT2D eigenvalue weighted by Crippen LogP contribution is -2.45. The Morgan fingerprint density at radius 2 is 2.04 bits per heavy atom. The van der Waals surface area contributed by atoms with Crippen molar-refractivity contribution in [3.05, 3.63) is 35.9 Å². The summed E-state index contributed by atoms with van der Waals surface area (Å²) in [5.74, 6) is 2.57. The van der Waals surface area contributed by atoms with Gasteiger partial charge < -0.3 is 15.0 Å². The number of rotatable bonds is 3. The number of nitrogens with zero attached hydrogens (tertiary/aromatic N) is 2. The first kappa shape index (κ1) is 15.6. The van der Waals surface area contributed by atoms with Gasteiger partial charge in [-0.1, -0.05) is 6.07 Å². The van der Waals surface area contributed by atoms with Gasteiger partial charge in [0.2, 0.25) is 5.91 Å². The lowest BCUT2D eigenvalue weighted by atomic mass is 9.99. The van der Waals surface area contributed by atoms with Gasteiger partial charge in [-0.25, -0.2) is 4.98 Å². The summed E-state index contributed by atoms with van der Waals surface area (Å²) in [5.41, 5.74) is 1.79. The zero-order valence-corrected chi connectivity index (χ0v) is 14.7. The van der Waals surface area contributed by atoms with Crippen LogP contribution in [0.4, 0.5) is 0 Å². The van der Waals surface area contributed by atoms with E-state index in [-0.39, 0.29) is 11.8 Å². The Balaban J connectivity index is 1.54. The van der Waals surface area contributed by atoms with Gasteiger partial charge in [-0.2, -0.15) is 0 Å².